The molecular weight excluding hydrogens is 316 g/mol. The zero-order chi connectivity index (χ0) is 16.5. The van der Waals surface area contributed by atoms with Gasteiger partial charge in [0.1, 0.15) is 5.82 Å². The number of rotatable bonds is 2. The highest BCUT2D eigenvalue weighted by molar-refractivity contribution is 5.05. The Morgan fingerprint density at radius 3 is 2.36 bits per heavy atom. The first kappa shape index (κ1) is 15.2. The fraction of sp³-hybridized carbons (Fsp3) is 0.850. The molecule has 6 aliphatic rings. The molecule has 0 atom stereocenters. The molecule has 1 aromatic heterocycles. The molecule has 7 rings (SSSR count). The van der Waals surface area contributed by atoms with E-state index in [0.29, 0.717) is 17.8 Å². The summed E-state index contributed by atoms with van der Waals surface area (Å²) < 4.78 is 6.77. The number of aromatic amines is 1. The van der Waals surface area contributed by atoms with E-state index < -0.39 is 11.6 Å². The number of imidazole rings is 1. The van der Waals surface area contributed by atoms with Gasteiger partial charge in [-0.05, 0) is 62.7 Å². The van der Waals surface area contributed by atoms with Crippen molar-refractivity contribution in [3.05, 3.63) is 18.2 Å². The lowest BCUT2D eigenvalue weighted by atomic mass is 9.53. The van der Waals surface area contributed by atoms with Gasteiger partial charge in [0.2, 0.25) is 11.6 Å². The molecule has 136 valence electrons. The molecule has 1 N–H and O–H groups in total. The van der Waals surface area contributed by atoms with Gasteiger partial charge < -0.3 is 9.72 Å². The van der Waals surface area contributed by atoms with Crippen LogP contribution in [0.2, 0.25) is 0 Å². The van der Waals surface area contributed by atoms with Crippen molar-refractivity contribution in [2.75, 3.05) is 0 Å². The second-order valence-corrected chi connectivity index (χ2v) is 9.39. The Morgan fingerprint density at radius 2 is 1.72 bits per heavy atom. The van der Waals surface area contributed by atoms with E-state index in [1.54, 1.807) is 0 Å². The van der Waals surface area contributed by atoms with Crippen LogP contribution in [0.25, 0.3) is 0 Å². The van der Waals surface area contributed by atoms with Gasteiger partial charge in [-0.3, -0.25) is 0 Å². The summed E-state index contributed by atoms with van der Waals surface area (Å²) in [6.45, 7) is 0. The molecule has 25 heavy (non-hydrogen) atoms. The smallest absolute Gasteiger partial charge is 0.210 e. The van der Waals surface area contributed by atoms with Gasteiger partial charge in [-0.1, -0.05) is 0 Å². The van der Waals surface area contributed by atoms with Crippen LogP contribution in [0, 0.1) is 29.6 Å². The van der Waals surface area contributed by atoms with Gasteiger partial charge in [-0.2, -0.15) is 9.78 Å². The molecule has 5 heteroatoms. The highest BCUT2D eigenvalue weighted by atomic mass is 17.3. The fourth-order valence-electron chi connectivity index (χ4n) is 6.80. The first-order valence-electron chi connectivity index (χ1n) is 10.3. The average Bonchev–Trinajstić information content (AvgIpc) is 3.24. The van der Waals surface area contributed by atoms with Gasteiger partial charge in [-0.25, -0.2) is 4.98 Å². The van der Waals surface area contributed by atoms with E-state index in [2.05, 4.69) is 9.97 Å². The second kappa shape index (κ2) is 5.30. The Hall–Kier alpha value is -0.910. The minimum absolute atomic E-state index is 0.415. The van der Waals surface area contributed by atoms with Crippen molar-refractivity contribution in [3.63, 3.8) is 0 Å². The third-order valence-electron chi connectivity index (χ3n) is 7.85. The Labute approximate surface area is 148 Å². The molecule has 1 aromatic rings. The van der Waals surface area contributed by atoms with E-state index in [1.807, 2.05) is 12.4 Å². The first-order valence-corrected chi connectivity index (χ1v) is 10.3. The number of aromatic nitrogens is 2. The Kier molecular flexibility index (Phi) is 3.22. The molecule has 1 aliphatic heterocycles. The van der Waals surface area contributed by atoms with Crippen LogP contribution >= 0.6 is 0 Å². The molecule has 6 fully saturated rings. The van der Waals surface area contributed by atoms with Crippen LogP contribution in [0.1, 0.15) is 63.6 Å². The van der Waals surface area contributed by atoms with Crippen molar-refractivity contribution in [3.8, 4) is 0 Å². The highest BCUT2D eigenvalue weighted by Gasteiger charge is 2.66. The van der Waals surface area contributed by atoms with Gasteiger partial charge in [0.15, 0.2) is 0 Å². The lowest BCUT2D eigenvalue weighted by Gasteiger charge is -2.57. The van der Waals surface area contributed by atoms with Crippen LogP contribution in [0.4, 0.5) is 0 Å². The maximum Gasteiger partial charge on any atom is 0.210 e. The van der Waals surface area contributed by atoms with E-state index >= 15 is 0 Å². The van der Waals surface area contributed by atoms with Crippen molar-refractivity contribution in [1.82, 2.24) is 9.97 Å². The van der Waals surface area contributed by atoms with Crippen LogP contribution in [0.3, 0.4) is 0 Å². The number of nitrogens with zero attached hydrogens (tertiary/aromatic N) is 1. The molecular formula is C20H28N2O3. The summed E-state index contributed by atoms with van der Waals surface area (Å²) in [5.41, 5.74) is 0. The first-order chi connectivity index (χ1) is 12.2. The monoisotopic (exact) mass is 344 g/mol. The van der Waals surface area contributed by atoms with Crippen molar-refractivity contribution >= 4 is 0 Å². The van der Waals surface area contributed by atoms with Gasteiger partial charge in [-0.15, -0.1) is 0 Å². The number of nitrogens with one attached hydrogen (secondary N) is 1. The largest absolute Gasteiger partial charge is 0.349 e. The minimum atomic E-state index is -0.477. The number of hydrogen-bond donors (Lipinski definition) is 1. The molecule has 0 radical (unpaired) electrons. The van der Waals surface area contributed by atoms with E-state index in [1.165, 1.54) is 32.1 Å². The van der Waals surface area contributed by atoms with Crippen molar-refractivity contribution < 1.29 is 14.5 Å². The van der Waals surface area contributed by atoms with Gasteiger partial charge >= 0.3 is 0 Å². The summed E-state index contributed by atoms with van der Waals surface area (Å²) in [4.78, 5) is 19.7. The summed E-state index contributed by atoms with van der Waals surface area (Å²) >= 11 is 0. The second-order valence-electron chi connectivity index (χ2n) is 9.39. The van der Waals surface area contributed by atoms with Gasteiger partial charge in [0.25, 0.3) is 0 Å². The molecule has 0 aromatic carbocycles. The standard InChI is InChI=1S/C20H28N2O3/c1-3-19(4-2-13(1)12-18-21-5-6-22-18)23-20(25-24-19)16-8-14-7-15(10-16)11-17(20)9-14/h5-6,13-17H,1-4,7-12H2,(H,21,22). The number of ether oxygens (including phenoxy) is 1. The molecule has 0 amide bonds. The van der Waals surface area contributed by atoms with Gasteiger partial charge in [0.05, 0.1) is 0 Å². The Morgan fingerprint density at radius 1 is 1.00 bits per heavy atom. The molecule has 5 nitrogen and oxygen atoms in total. The van der Waals surface area contributed by atoms with Crippen LogP contribution < -0.4 is 0 Å². The maximum atomic E-state index is 6.77. The zero-order valence-electron chi connectivity index (χ0n) is 14.8. The summed E-state index contributed by atoms with van der Waals surface area (Å²) in [6, 6.07) is 0. The molecule has 0 unspecified atom stereocenters. The molecule has 1 saturated heterocycles. The minimum Gasteiger partial charge on any atom is -0.349 e. The predicted octanol–water partition coefficient (Wildman–Crippen LogP) is 3.97. The van der Waals surface area contributed by atoms with E-state index in [4.69, 9.17) is 14.5 Å². The lowest BCUT2D eigenvalue weighted by Crippen LogP contribution is -2.59. The highest BCUT2D eigenvalue weighted by Crippen LogP contribution is 2.63. The normalized spacial score (nSPS) is 51.0. The summed E-state index contributed by atoms with van der Waals surface area (Å²) in [7, 11) is 0. The summed E-state index contributed by atoms with van der Waals surface area (Å²) in [5, 5.41) is 0. The van der Waals surface area contributed by atoms with Crippen LogP contribution in [-0.2, 0) is 20.9 Å². The zero-order valence-corrected chi connectivity index (χ0v) is 14.8. The van der Waals surface area contributed by atoms with Gasteiger partial charge in [0, 0.05) is 43.5 Å². The van der Waals surface area contributed by atoms with Crippen molar-refractivity contribution in [2.24, 2.45) is 29.6 Å². The van der Waals surface area contributed by atoms with Crippen molar-refractivity contribution in [1.29, 1.82) is 0 Å². The SMILES string of the molecule is c1c[nH]c(CC2CCC3(CC2)OOC2(O3)C3CC4CC(C3)CC2C4)n1. The number of H-pyrrole nitrogens is 1. The van der Waals surface area contributed by atoms with Crippen LogP contribution in [-0.4, -0.2) is 21.5 Å². The quantitative estimate of drug-likeness (QED) is 0.825. The van der Waals surface area contributed by atoms with E-state index in [-0.39, 0.29) is 0 Å². The molecule has 2 heterocycles. The maximum absolute atomic E-state index is 6.77. The fourth-order valence-corrected chi connectivity index (χ4v) is 6.80. The average molecular weight is 344 g/mol. The Balaban J connectivity index is 1.15. The lowest BCUT2D eigenvalue weighted by molar-refractivity contribution is -0.390. The predicted molar refractivity (Wildman–Crippen MR) is 90.0 cm³/mol. The third kappa shape index (κ3) is 2.28. The summed E-state index contributed by atoms with van der Waals surface area (Å²) in [5.74, 6) is 3.83. The van der Waals surface area contributed by atoms with E-state index in [9.17, 15) is 0 Å². The van der Waals surface area contributed by atoms with Crippen LogP contribution in [0.5, 0.6) is 0 Å². The molecule has 2 spiro atoms. The summed E-state index contributed by atoms with van der Waals surface area (Å²) in [6.07, 6.45) is 15.5. The van der Waals surface area contributed by atoms with Crippen molar-refractivity contribution in [2.45, 2.75) is 75.8 Å². The van der Waals surface area contributed by atoms with Crippen LogP contribution in [0.15, 0.2) is 12.4 Å². The molecule has 5 aliphatic carbocycles. The third-order valence-corrected chi connectivity index (χ3v) is 7.85. The van der Waals surface area contributed by atoms with E-state index in [0.717, 1.165) is 49.8 Å². The molecule has 4 bridgehead atoms. The number of hydrogen-bond acceptors (Lipinski definition) is 4. The Bertz CT molecular complexity index is 607. The topological polar surface area (TPSA) is 56.4 Å². The molecule has 5 saturated carbocycles.